The summed E-state index contributed by atoms with van der Waals surface area (Å²) in [4.78, 5) is 6.74. The summed E-state index contributed by atoms with van der Waals surface area (Å²) in [6, 6.07) is 4.95. The fourth-order valence-electron chi connectivity index (χ4n) is 4.36. The zero-order valence-electron chi connectivity index (χ0n) is 13.1. The van der Waals surface area contributed by atoms with Gasteiger partial charge in [-0.05, 0) is 36.6 Å². The highest BCUT2D eigenvalue weighted by Crippen LogP contribution is 2.47. The molecule has 0 aromatic heterocycles. The van der Waals surface area contributed by atoms with Crippen molar-refractivity contribution in [1.82, 2.24) is 10.2 Å². The maximum absolute atomic E-state index is 13.5. The van der Waals surface area contributed by atoms with Crippen molar-refractivity contribution in [3.8, 4) is 0 Å². The third-order valence-electron chi connectivity index (χ3n) is 5.34. The molecule has 0 amide bonds. The molecule has 2 bridgehead atoms. The van der Waals surface area contributed by atoms with Crippen molar-refractivity contribution in [1.29, 1.82) is 0 Å². The van der Waals surface area contributed by atoms with E-state index in [9.17, 15) is 4.39 Å². The van der Waals surface area contributed by atoms with Gasteiger partial charge < -0.3 is 15.0 Å². The Morgan fingerprint density at radius 3 is 2.61 bits per heavy atom. The minimum Gasteiger partial charge on any atom is -0.374 e. The first-order valence-corrected chi connectivity index (χ1v) is 8.99. The van der Waals surface area contributed by atoms with Crippen LogP contribution in [0.25, 0.3) is 0 Å². The third kappa shape index (κ3) is 2.87. The SMILES string of the molecule is CN=C(NCc1cc(F)cc(Br)c1)N1CC2C3CCC(O3)C2C1. The van der Waals surface area contributed by atoms with E-state index in [0.717, 1.165) is 29.1 Å². The Kier molecular flexibility index (Phi) is 4.05. The minimum absolute atomic E-state index is 0.226. The van der Waals surface area contributed by atoms with E-state index in [-0.39, 0.29) is 5.82 Å². The Hall–Kier alpha value is -1.14. The molecule has 0 saturated carbocycles. The molecule has 4 unspecified atom stereocenters. The van der Waals surface area contributed by atoms with Crippen LogP contribution in [0.5, 0.6) is 0 Å². The number of ether oxygens (including phenoxy) is 1. The van der Waals surface area contributed by atoms with Crippen molar-refractivity contribution in [2.45, 2.75) is 31.6 Å². The van der Waals surface area contributed by atoms with E-state index in [1.54, 1.807) is 6.07 Å². The Labute approximate surface area is 144 Å². The van der Waals surface area contributed by atoms with Gasteiger partial charge >= 0.3 is 0 Å². The Balaban J connectivity index is 1.40. The summed E-state index contributed by atoms with van der Waals surface area (Å²) in [6.07, 6.45) is 3.33. The zero-order chi connectivity index (χ0) is 16.0. The highest BCUT2D eigenvalue weighted by molar-refractivity contribution is 9.10. The molecule has 4 rings (SSSR count). The first kappa shape index (κ1) is 15.4. The molecule has 3 saturated heterocycles. The lowest BCUT2D eigenvalue weighted by Crippen LogP contribution is -2.41. The molecule has 4 atom stereocenters. The highest BCUT2D eigenvalue weighted by atomic mass is 79.9. The normalized spacial score (nSPS) is 32.5. The van der Waals surface area contributed by atoms with Crippen LogP contribution in [0.2, 0.25) is 0 Å². The van der Waals surface area contributed by atoms with Gasteiger partial charge in [0.1, 0.15) is 5.82 Å². The summed E-state index contributed by atoms with van der Waals surface area (Å²) in [5.74, 6) is 1.97. The summed E-state index contributed by atoms with van der Waals surface area (Å²) >= 11 is 3.33. The molecule has 6 heteroatoms. The summed E-state index contributed by atoms with van der Waals surface area (Å²) < 4.78 is 20.3. The van der Waals surface area contributed by atoms with E-state index in [4.69, 9.17) is 4.74 Å². The quantitative estimate of drug-likeness (QED) is 0.632. The topological polar surface area (TPSA) is 36.9 Å². The number of rotatable bonds is 2. The Bertz CT molecular complexity index is 600. The van der Waals surface area contributed by atoms with E-state index < -0.39 is 0 Å². The second-order valence-corrected chi connectivity index (χ2v) is 7.62. The Morgan fingerprint density at radius 1 is 1.30 bits per heavy atom. The highest BCUT2D eigenvalue weighted by Gasteiger charge is 2.53. The number of benzene rings is 1. The van der Waals surface area contributed by atoms with Crippen LogP contribution in [0.3, 0.4) is 0 Å². The van der Waals surface area contributed by atoms with Crippen LogP contribution >= 0.6 is 15.9 Å². The molecule has 0 radical (unpaired) electrons. The van der Waals surface area contributed by atoms with Crippen LogP contribution in [0.1, 0.15) is 18.4 Å². The molecule has 1 aromatic rings. The molecule has 1 aromatic carbocycles. The fraction of sp³-hybridized carbons (Fsp3) is 0.588. The van der Waals surface area contributed by atoms with Crippen molar-refractivity contribution >= 4 is 21.9 Å². The van der Waals surface area contributed by atoms with Gasteiger partial charge in [-0.1, -0.05) is 15.9 Å². The molecule has 1 N–H and O–H groups in total. The van der Waals surface area contributed by atoms with Gasteiger partial charge in [-0.3, -0.25) is 4.99 Å². The van der Waals surface area contributed by atoms with Crippen LogP contribution < -0.4 is 5.32 Å². The average molecular weight is 382 g/mol. The van der Waals surface area contributed by atoms with Gasteiger partial charge in [0.15, 0.2) is 5.96 Å². The van der Waals surface area contributed by atoms with Gasteiger partial charge in [0.2, 0.25) is 0 Å². The molecule has 23 heavy (non-hydrogen) atoms. The monoisotopic (exact) mass is 381 g/mol. The van der Waals surface area contributed by atoms with Gasteiger partial charge in [-0.2, -0.15) is 0 Å². The van der Waals surface area contributed by atoms with Crippen LogP contribution in [0.4, 0.5) is 4.39 Å². The van der Waals surface area contributed by atoms with Crippen molar-refractivity contribution in [2.24, 2.45) is 16.8 Å². The van der Waals surface area contributed by atoms with Crippen LogP contribution in [-0.2, 0) is 11.3 Å². The number of hydrogen-bond donors (Lipinski definition) is 1. The maximum Gasteiger partial charge on any atom is 0.193 e. The zero-order valence-corrected chi connectivity index (χ0v) is 14.7. The summed E-state index contributed by atoms with van der Waals surface area (Å²) in [5, 5.41) is 3.37. The molecule has 3 heterocycles. The second-order valence-electron chi connectivity index (χ2n) is 6.70. The van der Waals surface area contributed by atoms with Crippen LogP contribution in [0, 0.1) is 17.7 Å². The molecule has 3 aliphatic rings. The number of nitrogens with zero attached hydrogens (tertiary/aromatic N) is 2. The number of aliphatic imine (C=N–C) groups is 1. The first-order chi connectivity index (χ1) is 11.1. The maximum atomic E-state index is 13.5. The number of guanidine groups is 1. The third-order valence-corrected chi connectivity index (χ3v) is 5.79. The predicted molar refractivity (Wildman–Crippen MR) is 90.7 cm³/mol. The molecule has 0 aliphatic carbocycles. The fourth-order valence-corrected chi connectivity index (χ4v) is 4.87. The molecular weight excluding hydrogens is 361 g/mol. The Morgan fingerprint density at radius 2 is 2.00 bits per heavy atom. The smallest absolute Gasteiger partial charge is 0.193 e. The van der Waals surface area contributed by atoms with E-state index >= 15 is 0 Å². The minimum atomic E-state index is -0.226. The largest absolute Gasteiger partial charge is 0.374 e. The number of likely N-dealkylation sites (tertiary alicyclic amines) is 1. The molecule has 3 aliphatic heterocycles. The molecule has 0 spiro atoms. The lowest BCUT2D eigenvalue weighted by atomic mass is 9.82. The number of fused-ring (bicyclic) bond motifs is 5. The molecule has 124 valence electrons. The van der Waals surface area contributed by atoms with Crippen molar-refractivity contribution in [3.05, 3.63) is 34.1 Å². The van der Waals surface area contributed by atoms with Crippen molar-refractivity contribution in [3.63, 3.8) is 0 Å². The van der Waals surface area contributed by atoms with Gasteiger partial charge in [0.05, 0.1) is 12.2 Å². The molecule has 3 fully saturated rings. The van der Waals surface area contributed by atoms with Crippen molar-refractivity contribution < 1.29 is 9.13 Å². The van der Waals surface area contributed by atoms with E-state index in [1.807, 2.05) is 13.1 Å². The van der Waals surface area contributed by atoms with E-state index in [0.29, 0.717) is 30.6 Å². The standard InChI is InChI=1S/C17H21BrFN3O/c1-20-17(21-7-10-4-11(18)6-12(19)5-10)22-8-13-14(9-22)16-3-2-15(13)23-16/h4-6,13-16H,2-3,7-9H2,1H3,(H,20,21). The second kappa shape index (κ2) is 6.06. The number of nitrogens with one attached hydrogen (secondary N) is 1. The number of halogens is 2. The summed E-state index contributed by atoms with van der Waals surface area (Å²) in [5.41, 5.74) is 0.904. The van der Waals surface area contributed by atoms with Gasteiger partial charge in [0.25, 0.3) is 0 Å². The van der Waals surface area contributed by atoms with Gasteiger partial charge in [0, 0.05) is 43.0 Å². The molecule has 4 nitrogen and oxygen atoms in total. The van der Waals surface area contributed by atoms with Crippen LogP contribution in [0.15, 0.2) is 27.7 Å². The summed E-state index contributed by atoms with van der Waals surface area (Å²) in [7, 11) is 1.81. The van der Waals surface area contributed by atoms with Gasteiger partial charge in [-0.25, -0.2) is 4.39 Å². The van der Waals surface area contributed by atoms with E-state index in [1.165, 1.54) is 18.9 Å². The van der Waals surface area contributed by atoms with Crippen LogP contribution in [-0.4, -0.2) is 43.2 Å². The lowest BCUT2D eigenvalue weighted by molar-refractivity contribution is 0.0767. The van der Waals surface area contributed by atoms with E-state index in [2.05, 4.69) is 31.1 Å². The first-order valence-electron chi connectivity index (χ1n) is 8.20. The molecular formula is C17H21BrFN3O. The summed E-state index contributed by atoms with van der Waals surface area (Å²) in [6.45, 7) is 2.59. The van der Waals surface area contributed by atoms with Crippen molar-refractivity contribution in [2.75, 3.05) is 20.1 Å². The predicted octanol–water partition coefficient (Wildman–Crippen LogP) is 2.77. The number of hydrogen-bond acceptors (Lipinski definition) is 2. The van der Waals surface area contributed by atoms with Gasteiger partial charge in [-0.15, -0.1) is 0 Å². The lowest BCUT2D eigenvalue weighted by Gasteiger charge is -2.23. The average Bonchev–Trinajstić information content (AvgIpc) is 3.19.